The third-order valence-electron chi connectivity index (χ3n) is 5.97. The van der Waals surface area contributed by atoms with Crippen molar-refractivity contribution in [2.45, 2.75) is 25.8 Å². The average Bonchev–Trinajstić information content (AvgIpc) is 2.79. The molecule has 0 aliphatic carbocycles. The second-order valence-corrected chi connectivity index (χ2v) is 7.97. The van der Waals surface area contributed by atoms with E-state index in [9.17, 15) is 9.59 Å². The lowest BCUT2D eigenvalue weighted by molar-refractivity contribution is -0.135. The van der Waals surface area contributed by atoms with Crippen molar-refractivity contribution >= 4 is 29.3 Å². The van der Waals surface area contributed by atoms with Crippen LogP contribution < -0.4 is 15.0 Å². The second kappa shape index (κ2) is 8.71. The number of nitrogens with zero attached hydrogens (tertiary/aromatic N) is 1. The third kappa shape index (κ3) is 3.78. The van der Waals surface area contributed by atoms with E-state index < -0.39 is 5.54 Å². The molecule has 1 heterocycles. The van der Waals surface area contributed by atoms with Crippen molar-refractivity contribution < 1.29 is 14.3 Å². The molecule has 3 aromatic carbocycles. The fourth-order valence-corrected chi connectivity index (χ4v) is 4.13. The summed E-state index contributed by atoms with van der Waals surface area (Å²) < 4.78 is 5.25. The van der Waals surface area contributed by atoms with Crippen LogP contribution in [0, 0.1) is 6.92 Å². The number of hydrogen-bond acceptors (Lipinski definition) is 3. The van der Waals surface area contributed by atoms with E-state index in [1.807, 2.05) is 86.7 Å². The summed E-state index contributed by atoms with van der Waals surface area (Å²) in [6, 6.07) is 24.6. The number of ether oxygens (including phenoxy) is 1. The van der Waals surface area contributed by atoms with E-state index in [-0.39, 0.29) is 18.2 Å². The standard InChI is InChI=1S/C27H26N2O3/c1-19-9-7-8-12-24(19)28-26(31)27(20(2)17-21-10-5-4-6-11-21)18-25(30)29(27)22-13-15-23(32-3)16-14-22/h4-17H,18H2,1-3H3,(H,28,31)/b20-17+/t27-/m0/s1. The van der Waals surface area contributed by atoms with Crippen LogP contribution >= 0.6 is 0 Å². The predicted octanol–water partition coefficient (Wildman–Crippen LogP) is 5.22. The number of amides is 2. The Morgan fingerprint density at radius 1 is 1.00 bits per heavy atom. The number of anilines is 2. The van der Waals surface area contributed by atoms with E-state index in [1.165, 1.54) is 0 Å². The fourth-order valence-electron chi connectivity index (χ4n) is 4.13. The number of carbonyl (C=O) groups is 2. The fraction of sp³-hybridized carbons (Fsp3) is 0.185. The number of methoxy groups -OCH3 is 1. The van der Waals surface area contributed by atoms with Gasteiger partial charge in [-0.2, -0.15) is 0 Å². The lowest BCUT2D eigenvalue weighted by Crippen LogP contribution is -2.70. The molecular formula is C27H26N2O3. The highest BCUT2D eigenvalue weighted by atomic mass is 16.5. The van der Waals surface area contributed by atoms with Gasteiger partial charge in [0.1, 0.15) is 5.75 Å². The van der Waals surface area contributed by atoms with Gasteiger partial charge < -0.3 is 10.1 Å². The maximum absolute atomic E-state index is 13.8. The van der Waals surface area contributed by atoms with Gasteiger partial charge in [-0.25, -0.2) is 0 Å². The van der Waals surface area contributed by atoms with E-state index >= 15 is 0 Å². The molecular weight excluding hydrogens is 400 g/mol. The van der Waals surface area contributed by atoms with Gasteiger partial charge in [-0.1, -0.05) is 54.6 Å². The number of benzene rings is 3. The Bertz CT molecular complexity index is 1170. The van der Waals surface area contributed by atoms with E-state index in [0.717, 1.165) is 22.4 Å². The van der Waals surface area contributed by atoms with Gasteiger partial charge in [-0.15, -0.1) is 0 Å². The molecule has 3 aromatic rings. The molecule has 5 nitrogen and oxygen atoms in total. The summed E-state index contributed by atoms with van der Waals surface area (Å²) in [5.41, 5.74) is 3.00. The molecule has 0 spiro atoms. The SMILES string of the molecule is COc1ccc(N2C(=O)C[C@@]2(C(=O)Nc2ccccc2C)/C(C)=C/c2ccccc2)cc1. The minimum Gasteiger partial charge on any atom is -0.497 e. The molecule has 5 heteroatoms. The zero-order valence-electron chi connectivity index (χ0n) is 18.5. The summed E-state index contributed by atoms with van der Waals surface area (Å²) in [5.74, 6) is 0.357. The van der Waals surface area contributed by atoms with Crippen LogP contribution in [-0.2, 0) is 9.59 Å². The molecule has 32 heavy (non-hydrogen) atoms. The van der Waals surface area contributed by atoms with Crippen molar-refractivity contribution in [1.82, 2.24) is 0 Å². The first kappa shape index (κ1) is 21.4. The van der Waals surface area contributed by atoms with Crippen LogP contribution in [0.25, 0.3) is 6.08 Å². The van der Waals surface area contributed by atoms with E-state index in [1.54, 1.807) is 24.1 Å². The van der Waals surface area contributed by atoms with E-state index in [4.69, 9.17) is 4.74 Å². The number of nitrogens with one attached hydrogen (secondary N) is 1. The normalized spacial score (nSPS) is 18.2. The van der Waals surface area contributed by atoms with E-state index in [0.29, 0.717) is 11.4 Å². The van der Waals surface area contributed by atoms with Crippen LogP contribution in [0.1, 0.15) is 24.5 Å². The topological polar surface area (TPSA) is 58.6 Å². The summed E-state index contributed by atoms with van der Waals surface area (Å²) in [4.78, 5) is 28.2. The van der Waals surface area contributed by atoms with Crippen molar-refractivity contribution in [2.24, 2.45) is 0 Å². The number of para-hydroxylation sites is 1. The lowest BCUT2D eigenvalue weighted by atomic mass is 9.75. The van der Waals surface area contributed by atoms with Crippen LogP contribution in [0.4, 0.5) is 11.4 Å². The molecule has 0 radical (unpaired) electrons. The Morgan fingerprint density at radius 2 is 1.66 bits per heavy atom. The summed E-state index contributed by atoms with van der Waals surface area (Å²) in [7, 11) is 1.59. The molecule has 1 saturated heterocycles. The maximum Gasteiger partial charge on any atom is 0.255 e. The van der Waals surface area contributed by atoms with Gasteiger partial charge >= 0.3 is 0 Å². The van der Waals surface area contributed by atoms with Gasteiger partial charge in [0.2, 0.25) is 5.91 Å². The Balaban J connectivity index is 1.78. The zero-order valence-corrected chi connectivity index (χ0v) is 18.5. The molecule has 1 fully saturated rings. The highest BCUT2D eigenvalue weighted by Gasteiger charge is 2.58. The number of carbonyl (C=O) groups excluding carboxylic acids is 2. The maximum atomic E-state index is 13.8. The Kier molecular flexibility index (Phi) is 5.82. The van der Waals surface area contributed by atoms with Crippen LogP contribution in [0.5, 0.6) is 5.75 Å². The molecule has 1 atom stereocenters. The Hall–Kier alpha value is -3.86. The summed E-state index contributed by atoms with van der Waals surface area (Å²) in [6.45, 7) is 3.86. The van der Waals surface area contributed by atoms with Gasteiger partial charge in [0.05, 0.1) is 13.5 Å². The minimum absolute atomic E-state index is 0.101. The second-order valence-electron chi connectivity index (χ2n) is 7.97. The predicted molar refractivity (Wildman–Crippen MR) is 128 cm³/mol. The highest BCUT2D eigenvalue weighted by molar-refractivity contribution is 6.19. The van der Waals surface area contributed by atoms with Crippen molar-refractivity contribution in [3.63, 3.8) is 0 Å². The van der Waals surface area contributed by atoms with Crippen LogP contribution in [-0.4, -0.2) is 24.5 Å². The monoisotopic (exact) mass is 426 g/mol. The number of aryl methyl sites for hydroxylation is 1. The first-order valence-electron chi connectivity index (χ1n) is 10.5. The van der Waals surface area contributed by atoms with Crippen LogP contribution in [0.15, 0.2) is 84.4 Å². The first-order chi connectivity index (χ1) is 15.5. The molecule has 1 aliphatic heterocycles. The van der Waals surface area contributed by atoms with Crippen molar-refractivity contribution in [2.75, 3.05) is 17.3 Å². The van der Waals surface area contributed by atoms with Crippen LogP contribution in [0.2, 0.25) is 0 Å². The molecule has 0 aromatic heterocycles. The number of rotatable bonds is 6. The molecule has 162 valence electrons. The smallest absolute Gasteiger partial charge is 0.255 e. The van der Waals surface area contributed by atoms with Gasteiger partial charge in [0.25, 0.3) is 5.91 Å². The summed E-state index contributed by atoms with van der Waals surface area (Å²) in [6.07, 6.45) is 2.08. The third-order valence-corrected chi connectivity index (χ3v) is 5.97. The van der Waals surface area contributed by atoms with Gasteiger partial charge in [0.15, 0.2) is 5.54 Å². The number of hydrogen-bond donors (Lipinski definition) is 1. The quantitative estimate of drug-likeness (QED) is 0.550. The highest BCUT2D eigenvalue weighted by Crippen LogP contribution is 2.44. The van der Waals surface area contributed by atoms with Crippen molar-refractivity contribution in [1.29, 1.82) is 0 Å². The molecule has 0 unspecified atom stereocenters. The molecule has 4 rings (SSSR count). The minimum atomic E-state index is -1.12. The Morgan fingerprint density at radius 3 is 2.28 bits per heavy atom. The molecule has 1 N–H and O–H groups in total. The average molecular weight is 427 g/mol. The van der Waals surface area contributed by atoms with Crippen LogP contribution in [0.3, 0.4) is 0 Å². The number of β-lactam (4-membered cyclic amide) rings is 1. The molecule has 2 amide bonds. The van der Waals surface area contributed by atoms with Gasteiger partial charge in [-0.05, 0) is 60.9 Å². The summed E-state index contributed by atoms with van der Waals surface area (Å²) in [5, 5.41) is 3.06. The lowest BCUT2D eigenvalue weighted by Gasteiger charge is -2.51. The Labute approximate surface area is 188 Å². The molecule has 0 bridgehead atoms. The summed E-state index contributed by atoms with van der Waals surface area (Å²) >= 11 is 0. The first-order valence-corrected chi connectivity index (χ1v) is 10.5. The van der Waals surface area contributed by atoms with Crippen molar-refractivity contribution in [3.8, 4) is 5.75 Å². The molecule has 1 aliphatic rings. The zero-order chi connectivity index (χ0) is 22.7. The van der Waals surface area contributed by atoms with Crippen molar-refractivity contribution in [3.05, 3.63) is 95.6 Å². The molecule has 0 saturated carbocycles. The van der Waals surface area contributed by atoms with Gasteiger partial charge in [0, 0.05) is 11.4 Å². The van der Waals surface area contributed by atoms with E-state index in [2.05, 4.69) is 5.32 Å². The largest absolute Gasteiger partial charge is 0.497 e. The van der Waals surface area contributed by atoms with Gasteiger partial charge in [-0.3, -0.25) is 14.5 Å².